The summed E-state index contributed by atoms with van der Waals surface area (Å²) in [6, 6.07) is 9.49. The molecule has 0 radical (unpaired) electrons. The zero-order chi connectivity index (χ0) is 10.7. The minimum atomic E-state index is 0.133. The number of para-hydroxylation sites is 1. The fraction of sp³-hybridized carbons (Fsp3) is 0. The lowest BCUT2D eigenvalue weighted by molar-refractivity contribution is 0.996. The average molecular weight is 202 g/mol. The second kappa shape index (κ2) is 3.79. The summed E-state index contributed by atoms with van der Waals surface area (Å²) in [7, 11) is 0. The van der Waals surface area contributed by atoms with Gasteiger partial charge in [-0.25, -0.2) is 0 Å². The van der Waals surface area contributed by atoms with Gasteiger partial charge in [-0.15, -0.1) is 10.2 Å². The van der Waals surface area contributed by atoms with Crippen molar-refractivity contribution in [3.05, 3.63) is 30.3 Å². The van der Waals surface area contributed by atoms with Gasteiger partial charge >= 0.3 is 0 Å². The van der Waals surface area contributed by atoms with E-state index in [0.717, 1.165) is 5.69 Å². The smallest absolute Gasteiger partial charge is 0.249 e. The molecule has 0 amide bonds. The number of nitrogens with one attached hydrogen (secondary N) is 1. The van der Waals surface area contributed by atoms with Gasteiger partial charge in [0, 0.05) is 5.69 Å². The van der Waals surface area contributed by atoms with Gasteiger partial charge < -0.3 is 16.8 Å². The lowest BCUT2D eigenvalue weighted by atomic mass is 10.3. The molecule has 6 nitrogen and oxygen atoms in total. The van der Waals surface area contributed by atoms with Gasteiger partial charge in [0.2, 0.25) is 5.95 Å². The predicted molar refractivity (Wildman–Crippen MR) is 58.4 cm³/mol. The van der Waals surface area contributed by atoms with E-state index in [0.29, 0.717) is 5.95 Å². The third-order valence-electron chi connectivity index (χ3n) is 1.77. The van der Waals surface area contributed by atoms with Crippen LogP contribution in [0.4, 0.5) is 23.3 Å². The van der Waals surface area contributed by atoms with Crippen molar-refractivity contribution >= 4 is 23.3 Å². The topological polar surface area (TPSA) is 103 Å². The molecule has 0 aliphatic rings. The molecule has 0 saturated carbocycles. The van der Waals surface area contributed by atoms with Crippen LogP contribution in [0.3, 0.4) is 0 Å². The quantitative estimate of drug-likeness (QED) is 0.665. The van der Waals surface area contributed by atoms with Crippen molar-refractivity contribution in [3.63, 3.8) is 0 Å². The van der Waals surface area contributed by atoms with E-state index in [2.05, 4.69) is 20.5 Å². The molecule has 1 aromatic heterocycles. The van der Waals surface area contributed by atoms with Crippen molar-refractivity contribution in [2.75, 3.05) is 16.8 Å². The highest BCUT2D eigenvalue weighted by Crippen LogP contribution is 2.13. The molecule has 0 spiro atoms. The van der Waals surface area contributed by atoms with Gasteiger partial charge in [-0.2, -0.15) is 4.98 Å². The van der Waals surface area contributed by atoms with Crippen LogP contribution < -0.4 is 16.8 Å². The molecule has 1 aromatic carbocycles. The van der Waals surface area contributed by atoms with Crippen molar-refractivity contribution in [2.24, 2.45) is 0 Å². The first-order chi connectivity index (χ1) is 7.25. The van der Waals surface area contributed by atoms with Crippen molar-refractivity contribution in [3.8, 4) is 0 Å². The van der Waals surface area contributed by atoms with E-state index in [1.807, 2.05) is 30.3 Å². The maximum Gasteiger partial charge on any atom is 0.249 e. The van der Waals surface area contributed by atoms with E-state index in [9.17, 15) is 0 Å². The van der Waals surface area contributed by atoms with Crippen molar-refractivity contribution in [1.82, 2.24) is 15.2 Å². The number of hydrogen-bond donors (Lipinski definition) is 3. The summed E-state index contributed by atoms with van der Waals surface area (Å²) in [5.74, 6) is 0.630. The monoisotopic (exact) mass is 202 g/mol. The van der Waals surface area contributed by atoms with Crippen LogP contribution >= 0.6 is 0 Å². The van der Waals surface area contributed by atoms with Gasteiger partial charge in [-0.05, 0) is 12.1 Å². The van der Waals surface area contributed by atoms with Gasteiger partial charge in [0.15, 0.2) is 11.6 Å². The highest BCUT2D eigenvalue weighted by atomic mass is 15.3. The average Bonchev–Trinajstić information content (AvgIpc) is 2.25. The van der Waals surface area contributed by atoms with E-state index in [4.69, 9.17) is 11.5 Å². The molecule has 0 aliphatic heterocycles. The van der Waals surface area contributed by atoms with Gasteiger partial charge in [0.25, 0.3) is 0 Å². The van der Waals surface area contributed by atoms with Crippen molar-refractivity contribution < 1.29 is 0 Å². The summed E-state index contributed by atoms with van der Waals surface area (Å²) >= 11 is 0. The number of hydrogen-bond acceptors (Lipinski definition) is 6. The fourth-order valence-corrected chi connectivity index (χ4v) is 1.05. The Bertz CT molecular complexity index is 455. The lowest BCUT2D eigenvalue weighted by Crippen LogP contribution is -2.06. The van der Waals surface area contributed by atoms with Crippen LogP contribution in [0.15, 0.2) is 30.3 Å². The molecule has 6 heteroatoms. The molecule has 0 fully saturated rings. The molecule has 0 unspecified atom stereocenters. The molecule has 2 rings (SSSR count). The molecule has 76 valence electrons. The fourth-order valence-electron chi connectivity index (χ4n) is 1.05. The van der Waals surface area contributed by atoms with E-state index in [1.165, 1.54) is 0 Å². The number of benzene rings is 1. The molecule has 5 N–H and O–H groups in total. The highest BCUT2D eigenvalue weighted by molar-refractivity contribution is 5.57. The second-order valence-electron chi connectivity index (χ2n) is 2.90. The maximum absolute atomic E-state index is 5.50. The van der Waals surface area contributed by atoms with Gasteiger partial charge in [0.1, 0.15) is 0 Å². The number of rotatable bonds is 2. The lowest BCUT2D eigenvalue weighted by Gasteiger charge is -2.04. The van der Waals surface area contributed by atoms with E-state index >= 15 is 0 Å². The molecule has 0 saturated heterocycles. The number of nitrogen functional groups attached to an aromatic ring is 2. The number of nitrogens with zero attached hydrogens (tertiary/aromatic N) is 3. The first-order valence-corrected chi connectivity index (χ1v) is 4.33. The Morgan fingerprint density at radius 1 is 0.933 bits per heavy atom. The molecular formula is C9H10N6. The standard InChI is InChI=1S/C9H10N6/c10-7-8(11)14-15-9(13-7)12-6-4-2-1-3-5-6/h1-5H,(H2,11,14)(H3,10,12,13,15). The number of anilines is 4. The minimum Gasteiger partial charge on any atom is -0.380 e. The summed E-state index contributed by atoms with van der Waals surface area (Å²) in [5.41, 5.74) is 11.8. The van der Waals surface area contributed by atoms with Gasteiger partial charge in [0.05, 0.1) is 0 Å². The molecular weight excluding hydrogens is 192 g/mol. The third kappa shape index (κ3) is 2.11. The van der Waals surface area contributed by atoms with Crippen LogP contribution in [-0.4, -0.2) is 15.2 Å². The molecule has 1 heterocycles. The van der Waals surface area contributed by atoms with E-state index in [-0.39, 0.29) is 11.6 Å². The van der Waals surface area contributed by atoms with Gasteiger partial charge in [-0.3, -0.25) is 0 Å². The Balaban J connectivity index is 2.22. The first kappa shape index (κ1) is 9.20. The van der Waals surface area contributed by atoms with Crippen LogP contribution in [0.2, 0.25) is 0 Å². The van der Waals surface area contributed by atoms with Crippen LogP contribution in [0, 0.1) is 0 Å². The van der Waals surface area contributed by atoms with Crippen molar-refractivity contribution in [2.45, 2.75) is 0 Å². The summed E-state index contributed by atoms with van der Waals surface area (Å²) in [4.78, 5) is 3.94. The Kier molecular flexibility index (Phi) is 2.32. The Labute approximate surface area is 86.3 Å². The third-order valence-corrected chi connectivity index (χ3v) is 1.77. The van der Waals surface area contributed by atoms with E-state index < -0.39 is 0 Å². The Hall–Kier alpha value is -2.37. The van der Waals surface area contributed by atoms with Crippen molar-refractivity contribution in [1.29, 1.82) is 0 Å². The molecule has 15 heavy (non-hydrogen) atoms. The predicted octanol–water partition coefficient (Wildman–Crippen LogP) is 0.780. The molecule has 0 bridgehead atoms. The Morgan fingerprint density at radius 3 is 2.33 bits per heavy atom. The first-order valence-electron chi connectivity index (χ1n) is 4.33. The summed E-state index contributed by atoms with van der Waals surface area (Å²) in [5, 5.41) is 10.4. The minimum absolute atomic E-state index is 0.133. The highest BCUT2D eigenvalue weighted by Gasteiger charge is 2.02. The summed E-state index contributed by atoms with van der Waals surface area (Å²) in [6.45, 7) is 0. The largest absolute Gasteiger partial charge is 0.380 e. The SMILES string of the molecule is Nc1nnc(Nc2ccccc2)nc1N. The Morgan fingerprint density at radius 2 is 1.67 bits per heavy atom. The zero-order valence-corrected chi connectivity index (χ0v) is 7.88. The second-order valence-corrected chi connectivity index (χ2v) is 2.90. The van der Waals surface area contributed by atoms with Crippen LogP contribution in [0.1, 0.15) is 0 Å². The van der Waals surface area contributed by atoms with Crippen LogP contribution in [0.25, 0.3) is 0 Å². The molecule has 2 aromatic rings. The molecule has 0 aliphatic carbocycles. The summed E-state index contributed by atoms with van der Waals surface area (Å²) < 4.78 is 0. The number of nitrogens with two attached hydrogens (primary N) is 2. The maximum atomic E-state index is 5.50. The van der Waals surface area contributed by atoms with Gasteiger partial charge in [-0.1, -0.05) is 18.2 Å². The summed E-state index contributed by atoms with van der Waals surface area (Å²) in [6.07, 6.45) is 0. The zero-order valence-electron chi connectivity index (χ0n) is 7.88. The normalized spacial score (nSPS) is 9.87. The van der Waals surface area contributed by atoms with Crippen LogP contribution in [-0.2, 0) is 0 Å². The van der Waals surface area contributed by atoms with Crippen LogP contribution in [0.5, 0.6) is 0 Å². The van der Waals surface area contributed by atoms with E-state index in [1.54, 1.807) is 0 Å². The molecule has 0 atom stereocenters. The number of aromatic nitrogens is 3.